The summed E-state index contributed by atoms with van der Waals surface area (Å²) >= 11 is 0. The summed E-state index contributed by atoms with van der Waals surface area (Å²) in [5.41, 5.74) is -1.66. The number of nitrogens with zero attached hydrogens (tertiary/aromatic N) is 3. The Morgan fingerprint density at radius 2 is 1.70 bits per heavy atom. The van der Waals surface area contributed by atoms with Crippen molar-refractivity contribution in [1.82, 2.24) is 19.4 Å². The summed E-state index contributed by atoms with van der Waals surface area (Å²) in [6, 6.07) is 9.09. The molecule has 0 aliphatic heterocycles. The zero-order chi connectivity index (χ0) is 26.3. The molecule has 0 saturated heterocycles. The second-order valence-electron chi connectivity index (χ2n) is 8.91. The molecular weight excluding hydrogens is 489 g/mol. The average molecular weight is 510 g/mol. The van der Waals surface area contributed by atoms with Gasteiger partial charge in [0.1, 0.15) is 11.6 Å². The molecule has 1 amide bonds. The molecule has 8 nitrogen and oxygen atoms in total. The number of benzene rings is 2. The number of hydrogen-bond acceptors (Lipinski definition) is 5. The van der Waals surface area contributed by atoms with Gasteiger partial charge in [-0.05, 0) is 56.0 Å². The summed E-state index contributed by atoms with van der Waals surface area (Å²) in [6.07, 6.45) is 2.38. The zero-order valence-corrected chi connectivity index (χ0v) is 19.3. The lowest BCUT2D eigenvalue weighted by molar-refractivity contribution is 0.0919. The van der Waals surface area contributed by atoms with Crippen molar-refractivity contribution in [2.75, 3.05) is 0 Å². The van der Waals surface area contributed by atoms with E-state index in [0.717, 1.165) is 33.5 Å². The van der Waals surface area contributed by atoms with Crippen LogP contribution in [0.3, 0.4) is 0 Å². The van der Waals surface area contributed by atoms with Gasteiger partial charge in [-0.3, -0.25) is 14.2 Å². The lowest BCUT2D eigenvalue weighted by atomic mass is 9.90. The van der Waals surface area contributed by atoms with Gasteiger partial charge >= 0.3 is 5.69 Å². The highest BCUT2D eigenvalue weighted by Crippen LogP contribution is 2.28. The fourth-order valence-electron chi connectivity index (χ4n) is 4.77. The van der Waals surface area contributed by atoms with Crippen LogP contribution in [0.4, 0.5) is 13.2 Å². The van der Waals surface area contributed by atoms with E-state index in [9.17, 15) is 32.7 Å². The van der Waals surface area contributed by atoms with Crippen molar-refractivity contribution in [3.63, 3.8) is 0 Å². The monoisotopic (exact) mass is 510 g/mol. The maximum Gasteiger partial charge on any atom is 0.337 e. The summed E-state index contributed by atoms with van der Waals surface area (Å²) in [4.78, 5) is 43.3. The number of pyridine rings is 1. The molecule has 0 unspecified atom stereocenters. The fraction of sp³-hybridized carbons (Fsp3) is 0.231. The predicted molar refractivity (Wildman–Crippen MR) is 128 cm³/mol. The summed E-state index contributed by atoms with van der Waals surface area (Å²) in [6.45, 7) is 0. The highest BCUT2D eigenvalue weighted by molar-refractivity contribution is 5.96. The van der Waals surface area contributed by atoms with Crippen molar-refractivity contribution < 1.29 is 23.1 Å². The number of para-hydroxylation sites is 1. The first-order valence-electron chi connectivity index (χ1n) is 11.6. The van der Waals surface area contributed by atoms with Crippen LogP contribution in [0.2, 0.25) is 0 Å². The molecule has 2 aromatic carbocycles. The highest BCUT2D eigenvalue weighted by Gasteiger charge is 2.28. The molecule has 1 aliphatic rings. The smallest absolute Gasteiger partial charge is 0.337 e. The first kappa shape index (κ1) is 24.3. The molecule has 0 spiro atoms. The molecule has 0 atom stereocenters. The van der Waals surface area contributed by atoms with Gasteiger partial charge in [0, 0.05) is 18.2 Å². The molecule has 190 valence electrons. The number of phenols is 1. The molecule has 11 heteroatoms. The van der Waals surface area contributed by atoms with Crippen LogP contribution >= 0.6 is 0 Å². The number of hydrogen-bond donors (Lipinski definition) is 2. The van der Waals surface area contributed by atoms with Crippen LogP contribution in [0.1, 0.15) is 42.1 Å². The van der Waals surface area contributed by atoms with E-state index < -0.39 is 40.6 Å². The largest absolute Gasteiger partial charge is 0.507 e. The summed E-state index contributed by atoms with van der Waals surface area (Å²) < 4.78 is 43.5. The first-order valence-corrected chi connectivity index (χ1v) is 11.6. The summed E-state index contributed by atoms with van der Waals surface area (Å²) in [5, 5.41) is 12.6. The summed E-state index contributed by atoms with van der Waals surface area (Å²) in [7, 11) is 0. The van der Waals surface area contributed by atoms with Crippen molar-refractivity contribution in [2.45, 2.75) is 37.8 Å². The van der Waals surface area contributed by atoms with Gasteiger partial charge in [-0.1, -0.05) is 12.1 Å². The first-order chi connectivity index (χ1) is 17.7. The third-order valence-corrected chi connectivity index (χ3v) is 6.60. The van der Waals surface area contributed by atoms with E-state index in [1.165, 1.54) is 18.2 Å². The fourth-order valence-corrected chi connectivity index (χ4v) is 4.77. The number of phenolic OH excluding ortho intramolecular Hbond substituents is 1. The van der Waals surface area contributed by atoms with E-state index in [1.54, 1.807) is 12.1 Å². The average Bonchev–Trinajstić information content (AvgIpc) is 2.88. The van der Waals surface area contributed by atoms with E-state index >= 15 is 0 Å². The van der Waals surface area contributed by atoms with E-state index in [0.29, 0.717) is 25.7 Å². The maximum absolute atomic E-state index is 14.0. The van der Waals surface area contributed by atoms with Crippen molar-refractivity contribution >= 4 is 16.9 Å². The van der Waals surface area contributed by atoms with E-state index in [1.807, 2.05) is 0 Å². The van der Waals surface area contributed by atoms with Crippen molar-refractivity contribution in [1.29, 1.82) is 0 Å². The van der Waals surface area contributed by atoms with Gasteiger partial charge in [0.25, 0.3) is 11.5 Å². The molecule has 5 rings (SSSR count). The molecular formula is C26H21F3N4O4. The number of halogens is 3. The number of carbonyl (C=O) groups excluding carboxylic acids is 1. The standard InChI is InChI=1S/C26H21F3N4O4/c27-14-11-19-23(30-13-14)32(17-9-10-20(28)21(29)12-17)26(37)33(25(19)36)16-7-5-15(6-8-16)31-24(35)18-3-1-2-4-22(18)34/h1-4,9-13,15-16,34H,5-8H2,(H,31,35). The van der Waals surface area contributed by atoms with Gasteiger partial charge in [0.2, 0.25) is 0 Å². The van der Waals surface area contributed by atoms with Gasteiger partial charge in [0.05, 0.1) is 22.8 Å². The van der Waals surface area contributed by atoms with Crippen LogP contribution in [0.15, 0.2) is 64.3 Å². The van der Waals surface area contributed by atoms with Crippen molar-refractivity contribution in [3.8, 4) is 11.4 Å². The topological polar surface area (TPSA) is 106 Å². The zero-order valence-electron chi connectivity index (χ0n) is 19.3. The SMILES string of the molecule is O=C(NC1CCC(n2c(=O)c3cc(F)cnc3n(-c3ccc(F)c(F)c3)c2=O)CC1)c1ccccc1O. The third kappa shape index (κ3) is 4.48. The van der Waals surface area contributed by atoms with E-state index in [4.69, 9.17) is 0 Å². The van der Waals surface area contributed by atoms with Crippen LogP contribution < -0.4 is 16.6 Å². The molecule has 1 fully saturated rings. The van der Waals surface area contributed by atoms with Crippen LogP contribution in [0, 0.1) is 17.5 Å². The number of rotatable bonds is 4. The Morgan fingerprint density at radius 3 is 2.41 bits per heavy atom. The number of nitrogens with one attached hydrogen (secondary N) is 1. The van der Waals surface area contributed by atoms with E-state index in [2.05, 4.69) is 10.3 Å². The maximum atomic E-state index is 14.0. The van der Waals surface area contributed by atoms with Gasteiger partial charge in [-0.25, -0.2) is 27.5 Å². The number of carbonyl (C=O) groups is 1. The molecule has 0 bridgehead atoms. The predicted octanol–water partition coefficient (Wildman–Crippen LogP) is 3.58. The minimum Gasteiger partial charge on any atom is -0.507 e. The Hall–Kier alpha value is -4.41. The molecule has 37 heavy (non-hydrogen) atoms. The third-order valence-electron chi connectivity index (χ3n) is 6.60. The highest BCUT2D eigenvalue weighted by atomic mass is 19.2. The Bertz CT molecular complexity index is 1640. The quantitative estimate of drug-likeness (QED) is 0.437. The molecule has 2 heterocycles. The normalized spacial score (nSPS) is 17.6. The lowest BCUT2D eigenvalue weighted by Crippen LogP contribution is -2.45. The molecule has 2 N–H and O–H groups in total. The van der Waals surface area contributed by atoms with Crippen LogP contribution in [-0.4, -0.2) is 31.2 Å². The molecule has 0 radical (unpaired) electrons. The van der Waals surface area contributed by atoms with Crippen molar-refractivity contribution in [2.24, 2.45) is 0 Å². The van der Waals surface area contributed by atoms with Gasteiger partial charge in [0.15, 0.2) is 17.3 Å². The van der Waals surface area contributed by atoms with E-state index in [-0.39, 0.29) is 34.1 Å². The van der Waals surface area contributed by atoms with Crippen LogP contribution in [0.25, 0.3) is 16.7 Å². The molecule has 1 saturated carbocycles. The van der Waals surface area contributed by atoms with Gasteiger partial charge < -0.3 is 10.4 Å². The molecule has 2 aromatic heterocycles. The number of amides is 1. The Morgan fingerprint density at radius 1 is 0.973 bits per heavy atom. The van der Waals surface area contributed by atoms with Crippen LogP contribution in [-0.2, 0) is 0 Å². The summed E-state index contributed by atoms with van der Waals surface area (Å²) in [5.74, 6) is -3.68. The van der Waals surface area contributed by atoms with Crippen molar-refractivity contribution in [3.05, 3.63) is 98.6 Å². The Labute approximate surface area is 207 Å². The second kappa shape index (κ2) is 9.57. The minimum atomic E-state index is -1.20. The van der Waals surface area contributed by atoms with Gasteiger partial charge in [-0.2, -0.15) is 0 Å². The second-order valence-corrected chi connectivity index (χ2v) is 8.91. The minimum absolute atomic E-state index is 0.0645. The Kier molecular flexibility index (Phi) is 6.28. The number of fused-ring (bicyclic) bond motifs is 1. The van der Waals surface area contributed by atoms with Crippen LogP contribution in [0.5, 0.6) is 5.75 Å². The Balaban J connectivity index is 1.49. The van der Waals surface area contributed by atoms with Gasteiger partial charge in [-0.15, -0.1) is 0 Å². The molecule has 1 aliphatic carbocycles. The number of aromatic hydroxyl groups is 1. The number of aromatic nitrogens is 3. The lowest BCUT2D eigenvalue weighted by Gasteiger charge is -2.30. The molecule has 4 aromatic rings.